The van der Waals surface area contributed by atoms with Crippen LogP contribution in [0.4, 0.5) is 11.4 Å². The van der Waals surface area contributed by atoms with Crippen LogP contribution in [-0.2, 0) is 25.5 Å². The van der Waals surface area contributed by atoms with E-state index < -0.39 is 0 Å². The number of aliphatic hydroxyl groups excluding tert-OH is 1. The van der Waals surface area contributed by atoms with Crippen molar-refractivity contribution in [3.63, 3.8) is 0 Å². The molecule has 1 aromatic heterocycles. The SMILES string of the molecule is COC(=O)CCCCCCC(=O)Nc1ccc(CC(=O)N(CCO)c2cccc3cccnc23)cc1. The van der Waals surface area contributed by atoms with Crippen LogP contribution in [0.15, 0.2) is 60.8 Å². The number of amides is 2. The second-order valence-electron chi connectivity index (χ2n) is 8.53. The first-order valence-electron chi connectivity index (χ1n) is 12.2. The van der Waals surface area contributed by atoms with Crippen molar-refractivity contribution in [1.29, 1.82) is 0 Å². The van der Waals surface area contributed by atoms with Gasteiger partial charge < -0.3 is 20.1 Å². The lowest BCUT2D eigenvalue weighted by Gasteiger charge is -2.23. The van der Waals surface area contributed by atoms with Crippen molar-refractivity contribution in [1.82, 2.24) is 4.98 Å². The van der Waals surface area contributed by atoms with E-state index in [-0.39, 0.29) is 37.4 Å². The maximum atomic E-state index is 13.1. The summed E-state index contributed by atoms with van der Waals surface area (Å²) < 4.78 is 4.61. The average molecular weight is 492 g/mol. The van der Waals surface area contributed by atoms with Crippen LogP contribution < -0.4 is 10.2 Å². The van der Waals surface area contributed by atoms with Crippen LogP contribution in [0.5, 0.6) is 0 Å². The zero-order valence-corrected chi connectivity index (χ0v) is 20.6. The van der Waals surface area contributed by atoms with Gasteiger partial charge in [0.05, 0.1) is 31.3 Å². The molecule has 0 aliphatic carbocycles. The smallest absolute Gasteiger partial charge is 0.305 e. The lowest BCUT2D eigenvalue weighted by molar-refractivity contribution is -0.140. The minimum Gasteiger partial charge on any atom is -0.469 e. The highest BCUT2D eigenvalue weighted by molar-refractivity contribution is 6.02. The molecule has 2 N–H and O–H groups in total. The van der Waals surface area contributed by atoms with E-state index in [2.05, 4.69) is 15.0 Å². The molecule has 36 heavy (non-hydrogen) atoms. The predicted octanol–water partition coefficient (Wildman–Crippen LogP) is 4.25. The van der Waals surface area contributed by atoms with Gasteiger partial charge in [-0.05, 0) is 42.7 Å². The number of carbonyl (C=O) groups is 3. The number of fused-ring (bicyclic) bond motifs is 1. The lowest BCUT2D eigenvalue weighted by Crippen LogP contribution is -2.35. The van der Waals surface area contributed by atoms with Gasteiger partial charge >= 0.3 is 5.97 Å². The molecule has 0 bridgehead atoms. The molecule has 0 aliphatic heterocycles. The number of hydrogen-bond acceptors (Lipinski definition) is 6. The van der Waals surface area contributed by atoms with Crippen LogP contribution in [-0.4, -0.2) is 48.1 Å². The number of unbranched alkanes of at least 4 members (excludes halogenated alkanes) is 3. The van der Waals surface area contributed by atoms with E-state index in [1.54, 1.807) is 23.2 Å². The molecule has 8 nitrogen and oxygen atoms in total. The van der Waals surface area contributed by atoms with Crippen molar-refractivity contribution in [3.8, 4) is 0 Å². The Morgan fingerprint density at radius 2 is 1.67 bits per heavy atom. The normalized spacial score (nSPS) is 10.7. The van der Waals surface area contributed by atoms with E-state index in [0.717, 1.165) is 36.6 Å². The number of rotatable bonds is 13. The monoisotopic (exact) mass is 491 g/mol. The summed E-state index contributed by atoms with van der Waals surface area (Å²) in [5, 5.41) is 13.4. The Hall–Kier alpha value is -3.78. The molecule has 3 aromatic rings. The van der Waals surface area contributed by atoms with Crippen LogP contribution in [0, 0.1) is 0 Å². The number of esters is 1. The summed E-state index contributed by atoms with van der Waals surface area (Å²) >= 11 is 0. The number of hydrogen-bond donors (Lipinski definition) is 2. The molecular weight excluding hydrogens is 458 g/mol. The molecule has 3 rings (SSSR count). The number of benzene rings is 2. The van der Waals surface area contributed by atoms with Gasteiger partial charge in [0.1, 0.15) is 0 Å². The van der Waals surface area contributed by atoms with E-state index >= 15 is 0 Å². The third-order valence-electron chi connectivity index (χ3n) is 5.88. The summed E-state index contributed by atoms with van der Waals surface area (Å²) in [7, 11) is 1.38. The number of pyridine rings is 1. The largest absolute Gasteiger partial charge is 0.469 e. The average Bonchev–Trinajstić information content (AvgIpc) is 2.90. The predicted molar refractivity (Wildman–Crippen MR) is 140 cm³/mol. The van der Waals surface area contributed by atoms with Gasteiger partial charge in [-0.25, -0.2) is 0 Å². The zero-order chi connectivity index (χ0) is 25.8. The highest BCUT2D eigenvalue weighted by atomic mass is 16.5. The highest BCUT2D eigenvalue weighted by Crippen LogP contribution is 2.25. The minimum atomic E-state index is -0.204. The van der Waals surface area contributed by atoms with E-state index in [4.69, 9.17) is 0 Å². The second-order valence-corrected chi connectivity index (χ2v) is 8.53. The maximum absolute atomic E-state index is 13.1. The van der Waals surface area contributed by atoms with Crippen molar-refractivity contribution in [2.45, 2.75) is 44.9 Å². The number of nitrogens with one attached hydrogen (secondary N) is 1. The van der Waals surface area contributed by atoms with Crippen molar-refractivity contribution in [3.05, 3.63) is 66.4 Å². The highest BCUT2D eigenvalue weighted by Gasteiger charge is 2.18. The summed E-state index contributed by atoms with van der Waals surface area (Å²) in [5.41, 5.74) is 2.86. The standard InChI is InChI=1S/C28H33N3O5/c1-36-27(35)12-5-3-2-4-11-25(33)30-23-15-13-21(14-16-23)20-26(34)31(18-19-32)24-10-6-8-22-9-7-17-29-28(22)24/h6-10,13-17,32H,2-5,11-12,18-20H2,1H3,(H,30,33). The molecule has 0 aliphatic rings. The first kappa shape index (κ1) is 26.8. The Labute approximate surface area is 211 Å². The number of para-hydroxylation sites is 1. The Morgan fingerprint density at radius 1 is 0.944 bits per heavy atom. The van der Waals surface area contributed by atoms with Crippen molar-refractivity contribution in [2.75, 3.05) is 30.5 Å². The number of nitrogens with zero attached hydrogens (tertiary/aromatic N) is 2. The first-order valence-corrected chi connectivity index (χ1v) is 12.2. The molecule has 8 heteroatoms. The molecule has 0 unspecified atom stereocenters. The Kier molecular flexibility index (Phi) is 10.4. The Morgan fingerprint density at radius 3 is 2.39 bits per heavy atom. The minimum absolute atomic E-state index is 0.0654. The zero-order valence-electron chi connectivity index (χ0n) is 20.6. The second kappa shape index (κ2) is 13.9. The van der Waals surface area contributed by atoms with Gasteiger partial charge in [0, 0.05) is 36.7 Å². The first-order chi connectivity index (χ1) is 17.5. The van der Waals surface area contributed by atoms with Gasteiger partial charge in [-0.2, -0.15) is 0 Å². The van der Waals surface area contributed by atoms with Crippen molar-refractivity contribution >= 4 is 40.1 Å². The molecule has 0 atom stereocenters. The van der Waals surface area contributed by atoms with Crippen molar-refractivity contribution < 1.29 is 24.2 Å². The van der Waals surface area contributed by atoms with E-state index in [1.165, 1.54) is 7.11 Å². The van der Waals surface area contributed by atoms with Gasteiger partial charge in [0.15, 0.2) is 0 Å². The van der Waals surface area contributed by atoms with Gasteiger partial charge in [0.25, 0.3) is 0 Å². The van der Waals surface area contributed by atoms with Gasteiger partial charge in [-0.1, -0.05) is 43.2 Å². The summed E-state index contributed by atoms with van der Waals surface area (Å²) in [6.45, 7) is 0.0105. The molecule has 190 valence electrons. The summed E-state index contributed by atoms with van der Waals surface area (Å²) in [6, 6.07) is 16.6. The Balaban J connectivity index is 1.51. The summed E-state index contributed by atoms with van der Waals surface area (Å²) in [4.78, 5) is 42.4. The lowest BCUT2D eigenvalue weighted by atomic mass is 10.1. The molecule has 1 heterocycles. The number of anilines is 2. The maximum Gasteiger partial charge on any atom is 0.305 e. The molecule has 0 saturated carbocycles. The topological polar surface area (TPSA) is 109 Å². The third kappa shape index (κ3) is 7.88. The Bertz CT molecular complexity index is 1160. The van der Waals surface area contributed by atoms with Gasteiger partial charge in [-0.15, -0.1) is 0 Å². The van der Waals surface area contributed by atoms with E-state index in [0.29, 0.717) is 29.7 Å². The molecule has 0 saturated heterocycles. The van der Waals surface area contributed by atoms with Gasteiger partial charge in [-0.3, -0.25) is 19.4 Å². The fourth-order valence-corrected chi connectivity index (χ4v) is 4.00. The number of methoxy groups -OCH3 is 1. The molecule has 0 spiro atoms. The van der Waals surface area contributed by atoms with Crippen LogP contribution in [0.25, 0.3) is 10.9 Å². The number of aliphatic hydroxyl groups is 1. The molecule has 2 amide bonds. The molecule has 2 aromatic carbocycles. The van der Waals surface area contributed by atoms with Crippen LogP contribution in [0.3, 0.4) is 0 Å². The van der Waals surface area contributed by atoms with E-state index in [9.17, 15) is 19.5 Å². The molecular formula is C28H33N3O5. The summed E-state index contributed by atoms with van der Waals surface area (Å²) in [6.07, 6.45) is 5.94. The fraction of sp³-hybridized carbons (Fsp3) is 0.357. The summed E-state index contributed by atoms with van der Waals surface area (Å²) in [5.74, 6) is -0.417. The molecule has 0 fully saturated rings. The number of carbonyl (C=O) groups excluding carboxylic acids is 3. The van der Waals surface area contributed by atoms with Crippen LogP contribution >= 0.6 is 0 Å². The third-order valence-corrected chi connectivity index (χ3v) is 5.88. The van der Waals surface area contributed by atoms with Crippen LogP contribution in [0.1, 0.15) is 44.1 Å². The fourth-order valence-electron chi connectivity index (χ4n) is 4.00. The van der Waals surface area contributed by atoms with E-state index in [1.807, 2.05) is 42.5 Å². The number of aromatic nitrogens is 1. The van der Waals surface area contributed by atoms with Crippen molar-refractivity contribution in [2.24, 2.45) is 0 Å². The number of ether oxygens (including phenoxy) is 1. The molecule has 0 radical (unpaired) electrons. The van der Waals surface area contributed by atoms with Crippen LogP contribution in [0.2, 0.25) is 0 Å². The van der Waals surface area contributed by atoms with Gasteiger partial charge in [0.2, 0.25) is 11.8 Å². The quantitative estimate of drug-likeness (QED) is 0.273.